The molecule has 0 saturated carbocycles. The van der Waals surface area contributed by atoms with Gasteiger partial charge >= 0.3 is 0 Å². The molecular formula is C14H21ClN2OSi. The number of amides is 1. The van der Waals surface area contributed by atoms with Crippen LogP contribution in [0.5, 0.6) is 0 Å². The minimum absolute atomic E-state index is 0.0318. The van der Waals surface area contributed by atoms with Crippen LogP contribution in [-0.2, 0) is 4.79 Å². The fourth-order valence-electron chi connectivity index (χ4n) is 1.48. The molecule has 1 amide bonds. The van der Waals surface area contributed by atoms with Crippen molar-refractivity contribution in [3.63, 3.8) is 0 Å². The van der Waals surface area contributed by atoms with Gasteiger partial charge < -0.3 is 9.88 Å². The Morgan fingerprint density at radius 2 is 1.74 bits per heavy atom. The number of halogens is 1. The second-order valence-corrected chi connectivity index (χ2v) is 10.9. The Balaban J connectivity index is 3.12. The molecule has 0 spiro atoms. The van der Waals surface area contributed by atoms with E-state index in [2.05, 4.69) is 24.6 Å². The molecule has 0 unspecified atom stereocenters. The minimum atomic E-state index is -1.54. The standard InChI is InChI=1S/C14H21ClN2OSi/c1-17(2)14(18)10-13(16-19(3,4)5)11-6-8-12(15)9-7-11/h6-10,16H,1-5H3. The van der Waals surface area contributed by atoms with Crippen molar-refractivity contribution >= 4 is 31.4 Å². The Morgan fingerprint density at radius 3 is 2.16 bits per heavy atom. The van der Waals surface area contributed by atoms with Gasteiger partial charge in [-0.2, -0.15) is 0 Å². The number of hydrogen-bond acceptors (Lipinski definition) is 2. The van der Waals surface area contributed by atoms with Crippen LogP contribution in [0.4, 0.5) is 0 Å². The summed E-state index contributed by atoms with van der Waals surface area (Å²) in [6, 6.07) is 7.50. The highest BCUT2D eigenvalue weighted by Gasteiger charge is 2.16. The third-order valence-corrected chi connectivity index (χ3v) is 3.64. The third kappa shape index (κ3) is 5.49. The van der Waals surface area contributed by atoms with Crippen LogP contribution in [-0.4, -0.2) is 33.1 Å². The Bertz CT molecular complexity index is 475. The Labute approximate surface area is 121 Å². The van der Waals surface area contributed by atoms with E-state index >= 15 is 0 Å². The van der Waals surface area contributed by atoms with E-state index in [0.29, 0.717) is 5.02 Å². The van der Waals surface area contributed by atoms with Crippen LogP contribution in [0.3, 0.4) is 0 Å². The molecule has 1 rings (SSSR count). The first-order valence-corrected chi connectivity index (χ1v) is 10.0. The molecular weight excluding hydrogens is 276 g/mol. The molecule has 0 aliphatic carbocycles. The first-order chi connectivity index (χ1) is 8.69. The average Bonchev–Trinajstić information content (AvgIpc) is 2.27. The summed E-state index contributed by atoms with van der Waals surface area (Å²) in [5.41, 5.74) is 1.83. The van der Waals surface area contributed by atoms with Gasteiger partial charge in [-0.25, -0.2) is 0 Å². The van der Waals surface area contributed by atoms with Gasteiger partial charge in [-0.05, 0) is 17.7 Å². The molecule has 1 N–H and O–H groups in total. The van der Waals surface area contributed by atoms with E-state index in [1.807, 2.05) is 24.3 Å². The number of rotatable bonds is 4. The number of benzene rings is 1. The smallest absolute Gasteiger partial charge is 0.248 e. The van der Waals surface area contributed by atoms with Crippen LogP contribution in [0.15, 0.2) is 30.3 Å². The van der Waals surface area contributed by atoms with Crippen LogP contribution in [0.1, 0.15) is 5.56 Å². The molecule has 3 nitrogen and oxygen atoms in total. The highest BCUT2D eigenvalue weighted by Crippen LogP contribution is 2.17. The Morgan fingerprint density at radius 1 is 1.21 bits per heavy atom. The molecule has 5 heteroatoms. The molecule has 19 heavy (non-hydrogen) atoms. The Hall–Kier alpha value is -1.26. The molecule has 0 heterocycles. The van der Waals surface area contributed by atoms with Crippen LogP contribution >= 0.6 is 11.6 Å². The molecule has 0 atom stereocenters. The highest BCUT2D eigenvalue weighted by atomic mass is 35.5. The lowest BCUT2D eigenvalue weighted by atomic mass is 10.1. The van der Waals surface area contributed by atoms with Crippen molar-refractivity contribution < 1.29 is 4.79 Å². The maximum absolute atomic E-state index is 11.9. The van der Waals surface area contributed by atoms with E-state index in [1.165, 1.54) is 0 Å². The van der Waals surface area contributed by atoms with Crippen molar-refractivity contribution in [2.75, 3.05) is 14.1 Å². The van der Waals surface area contributed by atoms with Gasteiger partial charge in [0.15, 0.2) is 0 Å². The SMILES string of the molecule is CN(C)C(=O)C=C(N[Si](C)(C)C)c1ccc(Cl)cc1. The van der Waals surface area contributed by atoms with E-state index < -0.39 is 8.24 Å². The molecule has 0 fully saturated rings. The summed E-state index contributed by atoms with van der Waals surface area (Å²) in [5.74, 6) is -0.0318. The molecule has 0 bridgehead atoms. The number of nitrogens with zero attached hydrogens (tertiary/aromatic N) is 1. The number of hydrogen-bond donors (Lipinski definition) is 1. The van der Waals surface area contributed by atoms with Crippen molar-refractivity contribution in [1.82, 2.24) is 9.88 Å². The minimum Gasteiger partial charge on any atom is -0.410 e. The largest absolute Gasteiger partial charge is 0.410 e. The van der Waals surface area contributed by atoms with Crippen LogP contribution in [0.25, 0.3) is 5.70 Å². The van der Waals surface area contributed by atoms with Gasteiger partial charge in [0, 0.05) is 30.9 Å². The lowest BCUT2D eigenvalue weighted by molar-refractivity contribution is -0.123. The summed E-state index contributed by atoms with van der Waals surface area (Å²) in [5, 5.41) is 0.690. The number of likely N-dealkylation sites (N-methyl/N-ethyl adjacent to an activating group) is 1. The van der Waals surface area contributed by atoms with E-state index in [-0.39, 0.29) is 5.91 Å². The predicted molar refractivity (Wildman–Crippen MR) is 84.6 cm³/mol. The molecule has 1 aromatic rings. The van der Waals surface area contributed by atoms with Gasteiger partial charge in [0.25, 0.3) is 0 Å². The first-order valence-electron chi connectivity index (χ1n) is 6.16. The molecule has 0 aromatic heterocycles. The lowest BCUT2D eigenvalue weighted by Gasteiger charge is -2.23. The van der Waals surface area contributed by atoms with Gasteiger partial charge in [-0.3, -0.25) is 4.79 Å². The maximum Gasteiger partial charge on any atom is 0.248 e. The lowest BCUT2D eigenvalue weighted by Crippen LogP contribution is -2.40. The molecule has 0 aliphatic rings. The molecule has 104 valence electrons. The van der Waals surface area contributed by atoms with Crippen molar-refractivity contribution in [2.45, 2.75) is 19.6 Å². The molecule has 0 saturated heterocycles. The fourth-order valence-corrected chi connectivity index (χ4v) is 2.63. The topological polar surface area (TPSA) is 32.3 Å². The fraction of sp³-hybridized carbons (Fsp3) is 0.357. The van der Waals surface area contributed by atoms with Crippen molar-refractivity contribution in [2.24, 2.45) is 0 Å². The van der Waals surface area contributed by atoms with E-state index in [1.54, 1.807) is 25.1 Å². The van der Waals surface area contributed by atoms with Gasteiger partial charge in [-0.1, -0.05) is 43.4 Å². The monoisotopic (exact) mass is 296 g/mol. The van der Waals surface area contributed by atoms with E-state index in [9.17, 15) is 4.79 Å². The van der Waals surface area contributed by atoms with Gasteiger partial charge in [0.1, 0.15) is 8.24 Å². The third-order valence-electron chi connectivity index (χ3n) is 2.37. The zero-order valence-corrected chi connectivity index (χ0v) is 13.9. The van der Waals surface area contributed by atoms with Gasteiger partial charge in [0.05, 0.1) is 0 Å². The van der Waals surface area contributed by atoms with Crippen LogP contribution in [0.2, 0.25) is 24.7 Å². The van der Waals surface area contributed by atoms with Gasteiger partial charge in [0.2, 0.25) is 5.91 Å². The Kier molecular flexibility index (Phi) is 5.20. The molecule has 1 aromatic carbocycles. The van der Waals surface area contributed by atoms with Crippen LogP contribution < -0.4 is 4.98 Å². The second-order valence-electron chi connectivity index (χ2n) is 5.67. The zero-order chi connectivity index (χ0) is 14.6. The quantitative estimate of drug-likeness (QED) is 0.683. The summed E-state index contributed by atoms with van der Waals surface area (Å²) >= 11 is 5.90. The number of carbonyl (C=O) groups excluding carboxylic acids is 1. The summed E-state index contributed by atoms with van der Waals surface area (Å²) in [4.78, 5) is 16.9. The molecule has 0 radical (unpaired) electrons. The van der Waals surface area contributed by atoms with Crippen LogP contribution in [0, 0.1) is 0 Å². The normalized spacial score (nSPS) is 12.2. The van der Waals surface area contributed by atoms with Gasteiger partial charge in [-0.15, -0.1) is 0 Å². The number of carbonyl (C=O) groups is 1. The van der Waals surface area contributed by atoms with E-state index in [4.69, 9.17) is 11.6 Å². The van der Waals surface area contributed by atoms with E-state index in [0.717, 1.165) is 11.3 Å². The summed E-state index contributed by atoms with van der Waals surface area (Å²) in [7, 11) is 1.95. The van der Waals surface area contributed by atoms with Crippen molar-refractivity contribution in [1.29, 1.82) is 0 Å². The van der Waals surface area contributed by atoms with Crippen molar-refractivity contribution in [3.8, 4) is 0 Å². The highest BCUT2D eigenvalue weighted by molar-refractivity contribution is 6.74. The predicted octanol–water partition coefficient (Wildman–Crippen LogP) is 3.19. The zero-order valence-electron chi connectivity index (χ0n) is 12.1. The summed E-state index contributed by atoms with van der Waals surface area (Å²) in [6.07, 6.45) is 1.64. The molecule has 0 aliphatic heterocycles. The second kappa shape index (κ2) is 6.26. The van der Waals surface area contributed by atoms with Crippen molar-refractivity contribution in [3.05, 3.63) is 40.9 Å². The number of nitrogens with one attached hydrogen (secondary N) is 1. The first kappa shape index (κ1) is 15.8. The average molecular weight is 297 g/mol. The maximum atomic E-state index is 11.9. The summed E-state index contributed by atoms with van der Waals surface area (Å²) in [6.45, 7) is 6.57. The summed E-state index contributed by atoms with van der Waals surface area (Å²) < 4.78 is 0.